The summed E-state index contributed by atoms with van der Waals surface area (Å²) in [4.78, 5) is 14.1. The number of hydrogen-bond donors (Lipinski definition) is 1. The highest BCUT2D eigenvalue weighted by atomic mass is 16.2. The van der Waals surface area contributed by atoms with E-state index in [9.17, 15) is 4.79 Å². The van der Waals surface area contributed by atoms with Gasteiger partial charge in [-0.15, -0.1) is 0 Å². The lowest BCUT2D eigenvalue weighted by molar-refractivity contribution is -0.117. The van der Waals surface area contributed by atoms with E-state index in [1.54, 1.807) is 0 Å². The van der Waals surface area contributed by atoms with Crippen LogP contribution in [0, 0.1) is 0 Å². The van der Waals surface area contributed by atoms with E-state index in [1.165, 1.54) is 5.56 Å². The molecule has 0 aliphatic carbocycles. The Morgan fingerprint density at radius 3 is 2.63 bits per heavy atom. The number of likely N-dealkylation sites (N-methyl/N-ethyl adjacent to an activating group) is 1. The number of hydrogen-bond acceptors (Lipinski definition) is 2. The second-order valence-electron chi connectivity index (χ2n) is 4.86. The molecule has 0 spiro atoms. The van der Waals surface area contributed by atoms with E-state index in [4.69, 9.17) is 0 Å². The highest BCUT2D eigenvalue weighted by Crippen LogP contribution is 2.11. The standard InChI is InChI=1S/C16H24N2O/c1-5-14-8-7-9-15(10-14)17-16(19)12-18(6-2)11-13(3)4/h7-10H,3,5-6,11-12H2,1-2,4H3,(H,17,19). The molecule has 3 nitrogen and oxygen atoms in total. The minimum absolute atomic E-state index is 0.0244. The summed E-state index contributed by atoms with van der Waals surface area (Å²) in [6.45, 7) is 12.0. The maximum absolute atomic E-state index is 12.0. The third kappa shape index (κ3) is 5.71. The molecular formula is C16H24N2O. The van der Waals surface area contributed by atoms with Crippen LogP contribution >= 0.6 is 0 Å². The van der Waals surface area contributed by atoms with Crippen molar-refractivity contribution in [3.05, 3.63) is 42.0 Å². The van der Waals surface area contributed by atoms with Gasteiger partial charge in [-0.1, -0.05) is 38.1 Å². The average molecular weight is 260 g/mol. The van der Waals surface area contributed by atoms with Gasteiger partial charge in [0.15, 0.2) is 0 Å². The molecule has 0 aliphatic rings. The summed E-state index contributed by atoms with van der Waals surface area (Å²) in [7, 11) is 0. The first kappa shape index (κ1) is 15.4. The Hall–Kier alpha value is -1.61. The largest absolute Gasteiger partial charge is 0.325 e. The van der Waals surface area contributed by atoms with Gasteiger partial charge < -0.3 is 5.32 Å². The smallest absolute Gasteiger partial charge is 0.238 e. The van der Waals surface area contributed by atoms with Crippen molar-refractivity contribution in [2.45, 2.75) is 27.2 Å². The summed E-state index contributed by atoms with van der Waals surface area (Å²) in [5, 5.41) is 2.94. The molecule has 0 fully saturated rings. The molecule has 19 heavy (non-hydrogen) atoms. The van der Waals surface area contributed by atoms with Gasteiger partial charge >= 0.3 is 0 Å². The van der Waals surface area contributed by atoms with E-state index < -0.39 is 0 Å². The van der Waals surface area contributed by atoms with Gasteiger partial charge in [0.25, 0.3) is 0 Å². The van der Waals surface area contributed by atoms with E-state index in [-0.39, 0.29) is 5.91 Å². The van der Waals surface area contributed by atoms with Gasteiger partial charge in [-0.25, -0.2) is 0 Å². The van der Waals surface area contributed by atoms with Crippen molar-refractivity contribution in [3.63, 3.8) is 0 Å². The Balaban J connectivity index is 2.56. The molecule has 0 heterocycles. The Morgan fingerprint density at radius 1 is 1.32 bits per heavy atom. The number of nitrogens with one attached hydrogen (secondary N) is 1. The second-order valence-corrected chi connectivity index (χ2v) is 4.86. The Kier molecular flexibility index (Phi) is 6.30. The van der Waals surface area contributed by atoms with Crippen LogP contribution in [0.1, 0.15) is 26.3 Å². The number of carbonyl (C=O) groups excluding carboxylic acids is 1. The quantitative estimate of drug-likeness (QED) is 0.764. The summed E-state index contributed by atoms with van der Waals surface area (Å²) in [5.74, 6) is 0.0244. The van der Waals surface area contributed by atoms with Gasteiger partial charge in [-0.3, -0.25) is 9.69 Å². The van der Waals surface area contributed by atoms with E-state index in [0.717, 1.165) is 30.8 Å². The van der Waals surface area contributed by atoms with Crippen LogP contribution in [-0.2, 0) is 11.2 Å². The first-order valence-corrected chi connectivity index (χ1v) is 6.80. The lowest BCUT2D eigenvalue weighted by atomic mass is 10.1. The average Bonchev–Trinajstić information content (AvgIpc) is 2.37. The fraction of sp³-hybridized carbons (Fsp3) is 0.438. The zero-order valence-corrected chi connectivity index (χ0v) is 12.2. The molecule has 0 aliphatic heterocycles. The molecule has 3 heteroatoms. The zero-order chi connectivity index (χ0) is 14.3. The van der Waals surface area contributed by atoms with Crippen LogP contribution in [0.3, 0.4) is 0 Å². The minimum Gasteiger partial charge on any atom is -0.325 e. The predicted molar refractivity (Wildman–Crippen MR) is 81.4 cm³/mol. The molecule has 1 amide bonds. The van der Waals surface area contributed by atoms with Gasteiger partial charge in [-0.2, -0.15) is 0 Å². The van der Waals surface area contributed by atoms with Crippen LogP contribution in [0.15, 0.2) is 36.4 Å². The van der Waals surface area contributed by atoms with Gasteiger partial charge in [0.2, 0.25) is 5.91 Å². The number of benzene rings is 1. The maximum Gasteiger partial charge on any atom is 0.238 e. The fourth-order valence-corrected chi connectivity index (χ4v) is 1.93. The number of amides is 1. The van der Waals surface area contributed by atoms with Crippen LogP contribution in [0.4, 0.5) is 5.69 Å². The van der Waals surface area contributed by atoms with Gasteiger partial charge in [0.05, 0.1) is 6.54 Å². The summed E-state index contributed by atoms with van der Waals surface area (Å²) in [5.41, 5.74) is 3.17. The zero-order valence-electron chi connectivity index (χ0n) is 12.2. The van der Waals surface area contributed by atoms with E-state index in [2.05, 4.69) is 29.8 Å². The summed E-state index contributed by atoms with van der Waals surface area (Å²) >= 11 is 0. The first-order valence-electron chi connectivity index (χ1n) is 6.80. The van der Waals surface area contributed by atoms with Crippen molar-refractivity contribution in [3.8, 4) is 0 Å². The van der Waals surface area contributed by atoms with Crippen LogP contribution in [0.25, 0.3) is 0 Å². The first-order chi connectivity index (χ1) is 9.05. The van der Waals surface area contributed by atoms with Gasteiger partial charge in [0, 0.05) is 12.2 Å². The molecule has 1 rings (SSSR count). The third-order valence-corrected chi connectivity index (χ3v) is 2.93. The molecule has 0 atom stereocenters. The maximum atomic E-state index is 12.0. The van der Waals surface area contributed by atoms with Crippen molar-refractivity contribution < 1.29 is 4.79 Å². The number of rotatable bonds is 7. The lowest BCUT2D eigenvalue weighted by Crippen LogP contribution is -2.34. The second kappa shape index (κ2) is 7.74. The highest BCUT2D eigenvalue weighted by molar-refractivity contribution is 5.92. The molecule has 0 saturated carbocycles. The molecule has 1 N–H and O–H groups in total. The molecule has 0 bridgehead atoms. The summed E-state index contributed by atoms with van der Waals surface area (Å²) in [6.07, 6.45) is 0.973. The van der Waals surface area contributed by atoms with Crippen LogP contribution < -0.4 is 5.32 Å². The topological polar surface area (TPSA) is 32.3 Å². The Labute approximate surface area is 116 Å². The Morgan fingerprint density at radius 2 is 2.05 bits per heavy atom. The summed E-state index contributed by atoms with van der Waals surface area (Å²) < 4.78 is 0. The molecule has 0 radical (unpaired) electrons. The Bertz CT molecular complexity index is 440. The highest BCUT2D eigenvalue weighted by Gasteiger charge is 2.09. The molecule has 1 aromatic rings. The van der Waals surface area contributed by atoms with E-state index >= 15 is 0 Å². The van der Waals surface area contributed by atoms with Crippen molar-refractivity contribution in [2.24, 2.45) is 0 Å². The normalized spacial score (nSPS) is 10.5. The SMILES string of the molecule is C=C(C)CN(CC)CC(=O)Nc1cccc(CC)c1. The third-order valence-electron chi connectivity index (χ3n) is 2.93. The monoisotopic (exact) mass is 260 g/mol. The van der Waals surface area contributed by atoms with Crippen LogP contribution in [-0.4, -0.2) is 30.4 Å². The van der Waals surface area contributed by atoms with E-state index in [0.29, 0.717) is 6.54 Å². The number of carbonyl (C=O) groups is 1. The number of nitrogens with zero attached hydrogens (tertiary/aromatic N) is 1. The minimum atomic E-state index is 0.0244. The molecule has 104 valence electrons. The van der Waals surface area contributed by atoms with Crippen molar-refractivity contribution >= 4 is 11.6 Å². The predicted octanol–water partition coefficient (Wildman–Crippen LogP) is 3.09. The lowest BCUT2D eigenvalue weighted by Gasteiger charge is -2.19. The molecule has 0 unspecified atom stereocenters. The van der Waals surface area contributed by atoms with E-state index in [1.807, 2.05) is 32.0 Å². The van der Waals surface area contributed by atoms with Crippen LogP contribution in [0.5, 0.6) is 0 Å². The fourth-order valence-electron chi connectivity index (χ4n) is 1.93. The number of anilines is 1. The molecule has 1 aromatic carbocycles. The van der Waals surface area contributed by atoms with Crippen molar-refractivity contribution in [2.75, 3.05) is 25.0 Å². The molecular weight excluding hydrogens is 236 g/mol. The van der Waals surface area contributed by atoms with Crippen molar-refractivity contribution in [1.82, 2.24) is 4.90 Å². The summed E-state index contributed by atoms with van der Waals surface area (Å²) in [6, 6.07) is 7.98. The molecule has 0 saturated heterocycles. The van der Waals surface area contributed by atoms with Crippen molar-refractivity contribution in [1.29, 1.82) is 0 Å². The van der Waals surface area contributed by atoms with Gasteiger partial charge in [0.1, 0.15) is 0 Å². The van der Waals surface area contributed by atoms with Crippen LogP contribution in [0.2, 0.25) is 0 Å². The van der Waals surface area contributed by atoms with Gasteiger partial charge in [-0.05, 0) is 37.6 Å². The number of aryl methyl sites for hydroxylation is 1. The molecule has 0 aromatic heterocycles.